The van der Waals surface area contributed by atoms with Crippen molar-refractivity contribution in [3.63, 3.8) is 0 Å². The van der Waals surface area contributed by atoms with Crippen LogP contribution in [0.3, 0.4) is 0 Å². The number of nitrogens with zero attached hydrogens (tertiary/aromatic N) is 4. The average molecular weight is 500 g/mol. The second-order valence-electron chi connectivity index (χ2n) is 7.15. The number of non-ortho nitro benzene ring substituents is 2. The molecule has 0 amide bonds. The Morgan fingerprint density at radius 3 is 1.67 bits per heavy atom. The molecule has 2 aromatic rings. The Kier molecular flexibility index (Phi) is 7.38. The second kappa shape index (κ2) is 9.88. The van der Waals surface area contributed by atoms with Gasteiger partial charge in [0.15, 0.2) is 0 Å². The van der Waals surface area contributed by atoms with Crippen LogP contribution in [0.4, 0.5) is 11.4 Å². The molecule has 1 N–H and O–H groups in total. The zero-order chi connectivity index (χ0) is 24.2. The lowest BCUT2D eigenvalue weighted by atomic mass is 10.3. The summed E-state index contributed by atoms with van der Waals surface area (Å²) in [5, 5.41) is 21.4. The molecule has 1 aliphatic heterocycles. The number of rotatable bonds is 9. The molecule has 1 heterocycles. The quantitative estimate of drug-likeness (QED) is 0.386. The van der Waals surface area contributed by atoms with E-state index >= 15 is 0 Å². The monoisotopic (exact) mass is 499 g/mol. The predicted molar refractivity (Wildman–Crippen MR) is 117 cm³/mol. The molecule has 15 heteroatoms. The molecule has 0 spiro atoms. The van der Waals surface area contributed by atoms with Gasteiger partial charge in [-0.3, -0.25) is 25.1 Å². The van der Waals surface area contributed by atoms with Crippen molar-refractivity contribution in [2.75, 3.05) is 39.3 Å². The van der Waals surface area contributed by atoms with Crippen molar-refractivity contribution in [3.05, 3.63) is 68.8 Å². The molecule has 0 radical (unpaired) electrons. The van der Waals surface area contributed by atoms with Crippen LogP contribution in [0.5, 0.6) is 0 Å². The molecule has 1 saturated heterocycles. The normalized spacial score (nSPS) is 15.9. The Morgan fingerprint density at radius 2 is 1.21 bits per heavy atom. The van der Waals surface area contributed by atoms with Gasteiger partial charge in [-0.25, -0.2) is 21.6 Å². The smallest absolute Gasteiger partial charge is 0.269 e. The van der Waals surface area contributed by atoms with Crippen molar-refractivity contribution < 1.29 is 26.7 Å². The first-order valence-corrected chi connectivity index (χ1v) is 12.6. The molecule has 0 aliphatic carbocycles. The summed E-state index contributed by atoms with van der Waals surface area (Å²) in [6, 6.07) is 9.21. The standard InChI is InChI=1S/C18H21N5O8S2/c24-22(25)15-1-5-17(6-2-15)32(28,29)19-9-10-20-11-13-21(14-12-20)33(30,31)18-7-3-16(4-8-18)23(26)27/h1-8,19H,9-14H2. The summed E-state index contributed by atoms with van der Waals surface area (Å²) in [4.78, 5) is 22.0. The van der Waals surface area contributed by atoms with Crippen molar-refractivity contribution in [2.45, 2.75) is 9.79 Å². The van der Waals surface area contributed by atoms with Crippen LogP contribution in [0, 0.1) is 20.2 Å². The fourth-order valence-electron chi connectivity index (χ4n) is 3.25. The average Bonchev–Trinajstić information content (AvgIpc) is 2.79. The SMILES string of the molecule is O=[N+]([O-])c1ccc(S(=O)(=O)NCCN2CCN(S(=O)(=O)c3ccc([N+](=O)[O-])cc3)CC2)cc1. The van der Waals surface area contributed by atoms with Gasteiger partial charge in [0.25, 0.3) is 11.4 Å². The Morgan fingerprint density at radius 1 is 0.758 bits per heavy atom. The van der Waals surface area contributed by atoms with Gasteiger partial charge < -0.3 is 0 Å². The molecular weight excluding hydrogens is 478 g/mol. The highest BCUT2D eigenvalue weighted by molar-refractivity contribution is 7.89. The van der Waals surface area contributed by atoms with E-state index in [4.69, 9.17) is 0 Å². The molecule has 33 heavy (non-hydrogen) atoms. The maximum atomic E-state index is 12.7. The molecular formula is C18H21N5O8S2. The summed E-state index contributed by atoms with van der Waals surface area (Å²) < 4.78 is 53.9. The maximum Gasteiger partial charge on any atom is 0.269 e. The molecule has 0 bridgehead atoms. The van der Waals surface area contributed by atoms with Gasteiger partial charge >= 0.3 is 0 Å². The van der Waals surface area contributed by atoms with E-state index < -0.39 is 29.9 Å². The number of benzene rings is 2. The van der Waals surface area contributed by atoms with Crippen molar-refractivity contribution in [1.29, 1.82) is 0 Å². The highest BCUT2D eigenvalue weighted by Crippen LogP contribution is 2.21. The number of hydrogen-bond acceptors (Lipinski definition) is 9. The Balaban J connectivity index is 1.51. The lowest BCUT2D eigenvalue weighted by Crippen LogP contribution is -2.50. The van der Waals surface area contributed by atoms with Crippen LogP contribution in [0.2, 0.25) is 0 Å². The molecule has 13 nitrogen and oxygen atoms in total. The summed E-state index contributed by atoms with van der Waals surface area (Å²) in [6.07, 6.45) is 0. The van der Waals surface area contributed by atoms with Gasteiger partial charge in [0.1, 0.15) is 0 Å². The van der Waals surface area contributed by atoms with Crippen LogP contribution in [0.25, 0.3) is 0 Å². The van der Waals surface area contributed by atoms with Crippen LogP contribution >= 0.6 is 0 Å². The van der Waals surface area contributed by atoms with Crippen LogP contribution in [0.15, 0.2) is 58.3 Å². The van der Waals surface area contributed by atoms with Gasteiger partial charge in [-0.15, -0.1) is 0 Å². The topological polar surface area (TPSA) is 173 Å². The van der Waals surface area contributed by atoms with Gasteiger partial charge in [0.05, 0.1) is 19.6 Å². The zero-order valence-electron chi connectivity index (χ0n) is 17.2. The van der Waals surface area contributed by atoms with E-state index in [2.05, 4.69) is 4.72 Å². The van der Waals surface area contributed by atoms with Crippen LogP contribution < -0.4 is 4.72 Å². The van der Waals surface area contributed by atoms with Crippen LogP contribution in [0.1, 0.15) is 0 Å². The first-order valence-electron chi connectivity index (χ1n) is 9.72. The minimum atomic E-state index is -3.84. The van der Waals surface area contributed by atoms with E-state index in [0.29, 0.717) is 19.6 Å². The largest absolute Gasteiger partial charge is 0.299 e. The van der Waals surface area contributed by atoms with E-state index in [1.165, 1.54) is 16.4 Å². The molecule has 178 valence electrons. The van der Waals surface area contributed by atoms with Crippen LogP contribution in [-0.2, 0) is 20.0 Å². The van der Waals surface area contributed by atoms with E-state index in [1.54, 1.807) is 0 Å². The van der Waals surface area contributed by atoms with Gasteiger partial charge in [0.2, 0.25) is 20.0 Å². The van der Waals surface area contributed by atoms with Gasteiger partial charge in [-0.1, -0.05) is 0 Å². The molecule has 1 aliphatic rings. The molecule has 0 unspecified atom stereocenters. The van der Waals surface area contributed by atoms with E-state index in [1.807, 2.05) is 4.90 Å². The molecule has 0 aromatic heterocycles. The molecule has 0 saturated carbocycles. The van der Waals surface area contributed by atoms with E-state index in [9.17, 15) is 37.1 Å². The summed E-state index contributed by atoms with van der Waals surface area (Å²) in [7, 11) is -7.63. The lowest BCUT2D eigenvalue weighted by molar-refractivity contribution is -0.385. The predicted octanol–water partition coefficient (Wildman–Crippen LogP) is 0.788. The van der Waals surface area contributed by atoms with Crippen LogP contribution in [-0.4, -0.2) is 75.2 Å². The zero-order valence-corrected chi connectivity index (χ0v) is 18.9. The molecule has 1 fully saturated rings. The third-order valence-electron chi connectivity index (χ3n) is 5.09. The lowest BCUT2D eigenvalue weighted by Gasteiger charge is -2.33. The van der Waals surface area contributed by atoms with Crippen molar-refractivity contribution in [2.24, 2.45) is 0 Å². The van der Waals surface area contributed by atoms with E-state index in [-0.39, 0.29) is 40.8 Å². The minimum absolute atomic E-state index is 0.0302. The second-order valence-corrected chi connectivity index (χ2v) is 10.9. The molecule has 2 aromatic carbocycles. The van der Waals surface area contributed by atoms with E-state index in [0.717, 1.165) is 36.4 Å². The van der Waals surface area contributed by atoms with Crippen molar-refractivity contribution >= 4 is 31.4 Å². The minimum Gasteiger partial charge on any atom is -0.299 e. The number of nitrogens with one attached hydrogen (secondary N) is 1. The molecule has 0 atom stereocenters. The maximum absolute atomic E-state index is 12.7. The summed E-state index contributed by atoms with van der Waals surface area (Å²) >= 11 is 0. The van der Waals surface area contributed by atoms with Gasteiger partial charge in [0, 0.05) is 63.5 Å². The summed E-state index contributed by atoms with van der Waals surface area (Å²) in [6.45, 7) is 1.56. The van der Waals surface area contributed by atoms with Gasteiger partial charge in [-0.05, 0) is 24.3 Å². The Hall–Kier alpha value is -2.98. The fourth-order valence-corrected chi connectivity index (χ4v) is 5.69. The Labute approximate surface area is 190 Å². The number of nitro groups is 2. The summed E-state index contributed by atoms with van der Waals surface area (Å²) in [5.41, 5.74) is -0.412. The van der Waals surface area contributed by atoms with Crippen molar-refractivity contribution in [1.82, 2.24) is 13.9 Å². The van der Waals surface area contributed by atoms with Gasteiger partial charge in [-0.2, -0.15) is 4.31 Å². The highest BCUT2D eigenvalue weighted by Gasteiger charge is 2.29. The third-order valence-corrected chi connectivity index (χ3v) is 8.48. The Bertz CT molecular complexity index is 1220. The number of sulfonamides is 2. The third kappa shape index (κ3) is 5.88. The number of nitro benzene ring substituents is 2. The van der Waals surface area contributed by atoms with Crippen molar-refractivity contribution in [3.8, 4) is 0 Å². The highest BCUT2D eigenvalue weighted by atomic mass is 32.2. The fraction of sp³-hybridized carbons (Fsp3) is 0.333. The molecule has 3 rings (SSSR count). The summed E-state index contributed by atoms with van der Waals surface area (Å²) in [5.74, 6) is 0. The first kappa shape index (κ1) is 24.7. The number of hydrogen-bond donors (Lipinski definition) is 1. The first-order chi connectivity index (χ1) is 15.5. The number of piperazine rings is 1.